The average Bonchev–Trinajstić information content (AvgIpc) is 2.95. The highest BCUT2D eigenvalue weighted by molar-refractivity contribution is 6.32. The van der Waals surface area contributed by atoms with E-state index < -0.39 is 5.54 Å². The number of carbonyl (C=O) groups excluding carboxylic acids is 1. The molecule has 1 aliphatic rings. The molecule has 0 heterocycles. The predicted octanol–water partition coefficient (Wildman–Crippen LogP) is 2.64. The SMILES string of the molecule is CCOc1c(Cl)cc(CNC(=O)C2(N)CCCC2)cc1OC. The van der Waals surface area contributed by atoms with Gasteiger partial charge in [-0.2, -0.15) is 0 Å². The molecule has 0 aromatic heterocycles. The predicted molar refractivity (Wildman–Crippen MR) is 86.4 cm³/mol. The Morgan fingerprint density at radius 3 is 2.68 bits per heavy atom. The number of amides is 1. The van der Waals surface area contributed by atoms with E-state index in [9.17, 15) is 4.79 Å². The van der Waals surface area contributed by atoms with Crippen LogP contribution in [0.25, 0.3) is 0 Å². The van der Waals surface area contributed by atoms with E-state index in [-0.39, 0.29) is 5.91 Å². The van der Waals surface area contributed by atoms with Gasteiger partial charge in [0.15, 0.2) is 11.5 Å². The highest BCUT2D eigenvalue weighted by atomic mass is 35.5. The van der Waals surface area contributed by atoms with Crippen molar-refractivity contribution < 1.29 is 14.3 Å². The maximum absolute atomic E-state index is 12.2. The third-order valence-electron chi connectivity index (χ3n) is 3.98. The fourth-order valence-electron chi connectivity index (χ4n) is 2.75. The van der Waals surface area contributed by atoms with Crippen LogP contribution in [0.2, 0.25) is 5.02 Å². The first-order valence-corrected chi connectivity index (χ1v) is 7.94. The first-order valence-electron chi connectivity index (χ1n) is 7.56. The van der Waals surface area contributed by atoms with Crippen molar-refractivity contribution in [3.8, 4) is 11.5 Å². The summed E-state index contributed by atoms with van der Waals surface area (Å²) >= 11 is 6.22. The van der Waals surface area contributed by atoms with Gasteiger partial charge in [-0.15, -0.1) is 0 Å². The number of methoxy groups -OCH3 is 1. The van der Waals surface area contributed by atoms with E-state index in [1.807, 2.05) is 13.0 Å². The van der Waals surface area contributed by atoms with Crippen molar-refractivity contribution in [2.24, 2.45) is 5.73 Å². The molecule has 1 aromatic rings. The van der Waals surface area contributed by atoms with Gasteiger partial charge in [0, 0.05) is 6.54 Å². The van der Waals surface area contributed by atoms with Gasteiger partial charge in [0.2, 0.25) is 5.91 Å². The molecule has 0 saturated heterocycles. The van der Waals surface area contributed by atoms with Gasteiger partial charge in [0.25, 0.3) is 0 Å². The summed E-state index contributed by atoms with van der Waals surface area (Å²) in [6.45, 7) is 2.74. The smallest absolute Gasteiger partial charge is 0.240 e. The molecule has 122 valence electrons. The van der Waals surface area contributed by atoms with Gasteiger partial charge in [-0.05, 0) is 37.5 Å². The van der Waals surface area contributed by atoms with Gasteiger partial charge in [-0.1, -0.05) is 24.4 Å². The standard InChI is InChI=1S/C16H23ClN2O3/c1-3-22-14-12(17)8-11(9-13(14)21-2)10-19-15(20)16(18)6-4-5-7-16/h8-9H,3-7,10,18H2,1-2H3,(H,19,20). The fraction of sp³-hybridized carbons (Fsp3) is 0.562. The molecule has 2 rings (SSSR count). The van der Waals surface area contributed by atoms with Crippen molar-refractivity contribution in [2.75, 3.05) is 13.7 Å². The first kappa shape index (κ1) is 16.9. The van der Waals surface area contributed by atoms with Crippen LogP contribution >= 0.6 is 11.6 Å². The lowest BCUT2D eigenvalue weighted by Crippen LogP contribution is -2.51. The Labute approximate surface area is 136 Å². The summed E-state index contributed by atoms with van der Waals surface area (Å²) in [7, 11) is 1.56. The average molecular weight is 327 g/mol. The van der Waals surface area contributed by atoms with Crippen LogP contribution in [-0.4, -0.2) is 25.2 Å². The van der Waals surface area contributed by atoms with E-state index in [0.29, 0.717) is 29.7 Å². The second kappa shape index (κ2) is 7.20. The number of hydrogen-bond acceptors (Lipinski definition) is 4. The molecule has 0 spiro atoms. The minimum absolute atomic E-state index is 0.103. The summed E-state index contributed by atoms with van der Waals surface area (Å²) in [4.78, 5) is 12.2. The second-order valence-electron chi connectivity index (χ2n) is 5.59. The van der Waals surface area contributed by atoms with Crippen molar-refractivity contribution in [1.29, 1.82) is 0 Å². The maximum atomic E-state index is 12.2. The van der Waals surface area contributed by atoms with Gasteiger partial charge in [0.05, 0.1) is 24.3 Å². The molecule has 1 amide bonds. The highest BCUT2D eigenvalue weighted by Crippen LogP contribution is 2.36. The van der Waals surface area contributed by atoms with E-state index in [4.69, 9.17) is 26.8 Å². The van der Waals surface area contributed by atoms with Crippen molar-refractivity contribution in [1.82, 2.24) is 5.32 Å². The van der Waals surface area contributed by atoms with Crippen molar-refractivity contribution >= 4 is 17.5 Å². The van der Waals surface area contributed by atoms with E-state index in [1.54, 1.807) is 13.2 Å². The molecule has 0 unspecified atom stereocenters. The zero-order valence-electron chi connectivity index (χ0n) is 13.1. The second-order valence-corrected chi connectivity index (χ2v) is 6.00. The van der Waals surface area contributed by atoms with Crippen molar-refractivity contribution in [3.05, 3.63) is 22.7 Å². The number of carbonyl (C=O) groups is 1. The molecule has 1 fully saturated rings. The van der Waals surface area contributed by atoms with Crippen LogP contribution in [0.3, 0.4) is 0 Å². The van der Waals surface area contributed by atoms with Crippen LogP contribution in [0.5, 0.6) is 11.5 Å². The van der Waals surface area contributed by atoms with E-state index >= 15 is 0 Å². The Morgan fingerprint density at radius 2 is 2.09 bits per heavy atom. The quantitative estimate of drug-likeness (QED) is 0.842. The van der Waals surface area contributed by atoms with Crippen LogP contribution in [0.1, 0.15) is 38.2 Å². The number of hydrogen-bond donors (Lipinski definition) is 2. The Balaban J connectivity index is 2.07. The number of halogens is 1. The molecule has 0 bridgehead atoms. The summed E-state index contributed by atoms with van der Waals surface area (Å²) in [6.07, 6.45) is 3.50. The zero-order valence-corrected chi connectivity index (χ0v) is 13.8. The molecule has 1 aromatic carbocycles. The molecular weight excluding hydrogens is 304 g/mol. The molecule has 1 saturated carbocycles. The van der Waals surface area contributed by atoms with Crippen LogP contribution in [0.15, 0.2) is 12.1 Å². The molecule has 1 aliphatic carbocycles. The third-order valence-corrected chi connectivity index (χ3v) is 4.26. The molecule has 3 N–H and O–H groups in total. The number of nitrogens with one attached hydrogen (secondary N) is 1. The van der Waals surface area contributed by atoms with Gasteiger partial charge in [0.1, 0.15) is 0 Å². The Hall–Kier alpha value is -1.46. The van der Waals surface area contributed by atoms with Gasteiger partial charge in [-0.25, -0.2) is 0 Å². The molecular formula is C16H23ClN2O3. The lowest BCUT2D eigenvalue weighted by Gasteiger charge is -2.22. The summed E-state index contributed by atoms with van der Waals surface area (Å²) in [5.74, 6) is 0.976. The molecule has 5 nitrogen and oxygen atoms in total. The molecule has 0 atom stereocenters. The monoisotopic (exact) mass is 326 g/mol. The Morgan fingerprint density at radius 1 is 1.41 bits per heavy atom. The van der Waals surface area contributed by atoms with E-state index in [1.165, 1.54) is 0 Å². The minimum Gasteiger partial charge on any atom is -0.493 e. The van der Waals surface area contributed by atoms with Crippen LogP contribution < -0.4 is 20.5 Å². The lowest BCUT2D eigenvalue weighted by molar-refractivity contribution is -0.126. The van der Waals surface area contributed by atoms with E-state index in [2.05, 4.69) is 5.32 Å². The largest absolute Gasteiger partial charge is 0.493 e. The number of benzene rings is 1. The topological polar surface area (TPSA) is 73.6 Å². The fourth-order valence-corrected chi connectivity index (χ4v) is 3.04. The summed E-state index contributed by atoms with van der Waals surface area (Å²) < 4.78 is 10.8. The summed E-state index contributed by atoms with van der Waals surface area (Å²) in [6, 6.07) is 3.59. The van der Waals surface area contributed by atoms with E-state index in [0.717, 1.165) is 31.2 Å². The van der Waals surface area contributed by atoms with Crippen LogP contribution in [0.4, 0.5) is 0 Å². The van der Waals surface area contributed by atoms with Gasteiger partial charge >= 0.3 is 0 Å². The normalized spacial score (nSPS) is 16.4. The Bertz CT molecular complexity index is 542. The van der Waals surface area contributed by atoms with Gasteiger partial charge < -0.3 is 20.5 Å². The highest BCUT2D eigenvalue weighted by Gasteiger charge is 2.36. The maximum Gasteiger partial charge on any atom is 0.240 e. The number of rotatable bonds is 6. The number of ether oxygens (including phenoxy) is 2. The summed E-state index contributed by atoms with van der Waals surface area (Å²) in [5, 5.41) is 3.36. The zero-order chi connectivity index (χ0) is 16.2. The third kappa shape index (κ3) is 3.65. The number of nitrogens with two attached hydrogens (primary N) is 1. The van der Waals surface area contributed by atoms with Crippen LogP contribution in [0, 0.1) is 0 Å². The lowest BCUT2D eigenvalue weighted by atomic mass is 9.98. The summed E-state index contributed by atoms with van der Waals surface area (Å²) in [5.41, 5.74) is 6.26. The minimum atomic E-state index is -0.723. The molecule has 22 heavy (non-hydrogen) atoms. The Kier molecular flexibility index (Phi) is 5.53. The van der Waals surface area contributed by atoms with Gasteiger partial charge in [-0.3, -0.25) is 4.79 Å². The molecule has 0 aliphatic heterocycles. The van der Waals surface area contributed by atoms with Crippen LogP contribution in [-0.2, 0) is 11.3 Å². The molecule has 0 radical (unpaired) electrons. The first-order chi connectivity index (χ1) is 10.5. The molecule has 6 heteroatoms. The van der Waals surface area contributed by atoms with Crippen molar-refractivity contribution in [2.45, 2.75) is 44.7 Å². The van der Waals surface area contributed by atoms with Crippen molar-refractivity contribution in [3.63, 3.8) is 0 Å².